The number of aliphatic imine (C=N–C) groups is 1. The number of hydrogen-bond donors (Lipinski definition) is 3. The van der Waals surface area contributed by atoms with E-state index in [0.717, 1.165) is 16.6 Å². The zero-order chi connectivity index (χ0) is 11.1. The monoisotopic (exact) mass is 270 g/mol. The van der Waals surface area contributed by atoms with Gasteiger partial charge in [-0.25, -0.2) is 10.8 Å². The Bertz CT molecular complexity index is 321. The van der Waals surface area contributed by atoms with E-state index in [1.807, 2.05) is 31.2 Å². The average Bonchev–Trinajstić information content (AvgIpc) is 2.26. The molecule has 0 aliphatic carbocycles. The minimum absolute atomic E-state index is 0.611. The van der Waals surface area contributed by atoms with Gasteiger partial charge in [-0.2, -0.15) is 0 Å². The van der Waals surface area contributed by atoms with Crippen LogP contribution in [0.4, 0.5) is 0 Å². The first-order valence-electron chi connectivity index (χ1n) is 4.75. The van der Waals surface area contributed by atoms with Gasteiger partial charge in [-0.3, -0.25) is 5.43 Å². The molecule has 0 saturated heterocycles. The van der Waals surface area contributed by atoms with Crippen molar-refractivity contribution < 1.29 is 0 Å². The second-order valence-corrected chi connectivity index (χ2v) is 3.88. The maximum atomic E-state index is 5.30. The highest BCUT2D eigenvalue weighted by Crippen LogP contribution is 2.10. The lowest BCUT2D eigenvalue weighted by atomic mass is 10.2. The number of hydrazine groups is 1. The predicted molar refractivity (Wildman–Crippen MR) is 66.3 cm³/mol. The maximum Gasteiger partial charge on any atom is 0.206 e. The van der Waals surface area contributed by atoms with Gasteiger partial charge in [0.25, 0.3) is 0 Å². The summed E-state index contributed by atoms with van der Waals surface area (Å²) in [7, 11) is 0. The molecule has 5 heteroatoms. The lowest BCUT2D eigenvalue weighted by molar-refractivity contribution is 0.852. The zero-order valence-electron chi connectivity index (χ0n) is 8.63. The Balaban J connectivity index is 2.57. The molecule has 0 aliphatic heterocycles. The quantitative estimate of drug-likeness (QED) is 0.337. The van der Waals surface area contributed by atoms with Crippen LogP contribution < -0.4 is 16.6 Å². The van der Waals surface area contributed by atoms with Gasteiger partial charge in [0.15, 0.2) is 0 Å². The van der Waals surface area contributed by atoms with Gasteiger partial charge in [0.2, 0.25) is 5.96 Å². The number of hydrogen-bond acceptors (Lipinski definition) is 2. The van der Waals surface area contributed by atoms with E-state index in [9.17, 15) is 0 Å². The van der Waals surface area contributed by atoms with Crippen LogP contribution in [-0.4, -0.2) is 12.5 Å². The molecule has 82 valence electrons. The summed E-state index contributed by atoms with van der Waals surface area (Å²) in [6.07, 6.45) is 0. The van der Waals surface area contributed by atoms with Crippen molar-refractivity contribution in [2.75, 3.05) is 6.54 Å². The highest BCUT2D eigenvalue weighted by Gasteiger charge is 1.94. The van der Waals surface area contributed by atoms with Gasteiger partial charge in [-0.15, -0.1) is 0 Å². The second kappa shape index (κ2) is 6.42. The fourth-order valence-corrected chi connectivity index (χ4v) is 1.34. The molecule has 15 heavy (non-hydrogen) atoms. The summed E-state index contributed by atoms with van der Waals surface area (Å²) in [5.41, 5.74) is 3.66. The van der Waals surface area contributed by atoms with Gasteiger partial charge in [0, 0.05) is 11.0 Å². The summed E-state index contributed by atoms with van der Waals surface area (Å²) in [5.74, 6) is 5.91. The number of guanidine groups is 1. The molecule has 0 radical (unpaired) electrons. The van der Waals surface area contributed by atoms with Crippen LogP contribution in [0.25, 0.3) is 0 Å². The first kappa shape index (κ1) is 12.0. The molecule has 0 spiro atoms. The molecule has 1 rings (SSSR count). The topological polar surface area (TPSA) is 62.4 Å². The Morgan fingerprint density at radius 2 is 2.07 bits per heavy atom. The molecule has 4 N–H and O–H groups in total. The van der Waals surface area contributed by atoms with E-state index in [2.05, 4.69) is 31.7 Å². The van der Waals surface area contributed by atoms with Crippen LogP contribution in [0.5, 0.6) is 0 Å². The van der Waals surface area contributed by atoms with Gasteiger partial charge in [0.05, 0.1) is 6.54 Å². The van der Waals surface area contributed by atoms with E-state index >= 15 is 0 Å². The normalized spacial score (nSPS) is 11.3. The Morgan fingerprint density at radius 1 is 1.40 bits per heavy atom. The van der Waals surface area contributed by atoms with Crippen LogP contribution in [0.2, 0.25) is 0 Å². The number of rotatable bonds is 3. The largest absolute Gasteiger partial charge is 0.356 e. The summed E-state index contributed by atoms with van der Waals surface area (Å²) in [4.78, 5) is 4.29. The van der Waals surface area contributed by atoms with Gasteiger partial charge in [-0.05, 0) is 24.6 Å². The molecule has 1 aromatic carbocycles. The lowest BCUT2D eigenvalue weighted by Crippen LogP contribution is -2.41. The van der Waals surface area contributed by atoms with Crippen molar-refractivity contribution in [2.24, 2.45) is 10.8 Å². The molecule has 0 unspecified atom stereocenters. The minimum Gasteiger partial charge on any atom is -0.356 e. The fraction of sp³-hybridized carbons (Fsp3) is 0.300. The fourth-order valence-electron chi connectivity index (χ4n) is 1.08. The molecule has 4 nitrogen and oxygen atoms in total. The van der Waals surface area contributed by atoms with E-state index in [4.69, 9.17) is 5.84 Å². The third-order valence-electron chi connectivity index (χ3n) is 1.81. The highest BCUT2D eigenvalue weighted by molar-refractivity contribution is 9.10. The van der Waals surface area contributed by atoms with Crippen molar-refractivity contribution in [2.45, 2.75) is 13.5 Å². The van der Waals surface area contributed by atoms with Crippen LogP contribution >= 0.6 is 15.9 Å². The van der Waals surface area contributed by atoms with E-state index in [0.29, 0.717) is 12.5 Å². The maximum absolute atomic E-state index is 5.30. The van der Waals surface area contributed by atoms with Gasteiger partial charge in [0.1, 0.15) is 0 Å². The summed E-state index contributed by atoms with van der Waals surface area (Å²) in [6, 6.07) is 8.03. The Morgan fingerprint density at radius 3 is 2.60 bits per heavy atom. The SMILES string of the molecule is CCNC(=NCc1ccc(Br)cc1)NN. The van der Waals surface area contributed by atoms with Crippen LogP contribution in [-0.2, 0) is 6.54 Å². The van der Waals surface area contributed by atoms with E-state index in [1.165, 1.54) is 0 Å². The highest BCUT2D eigenvalue weighted by atomic mass is 79.9. The third kappa shape index (κ3) is 4.31. The minimum atomic E-state index is 0.611. The second-order valence-electron chi connectivity index (χ2n) is 2.97. The van der Waals surface area contributed by atoms with Crippen molar-refractivity contribution in [3.05, 3.63) is 34.3 Å². The standard InChI is InChI=1S/C10H15BrN4/c1-2-13-10(15-12)14-7-8-3-5-9(11)6-4-8/h3-6H,2,7,12H2,1H3,(H2,13,14,15). The molecule has 0 amide bonds. The van der Waals surface area contributed by atoms with Crippen molar-refractivity contribution in [1.82, 2.24) is 10.7 Å². The number of nitrogens with one attached hydrogen (secondary N) is 2. The number of benzene rings is 1. The van der Waals surface area contributed by atoms with Gasteiger partial charge >= 0.3 is 0 Å². The van der Waals surface area contributed by atoms with Crippen molar-refractivity contribution >= 4 is 21.9 Å². The molecule has 0 atom stereocenters. The molecular formula is C10H15BrN4. The van der Waals surface area contributed by atoms with Crippen molar-refractivity contribution in [3.63, 3.8) is 0 Å². The van der Waals surface area contributed by atoms with Crippen molar-refractivity contribution in [1.29, 1.82) is 0 Å². The Hall–Kier alpha value is -1.07. The zero-order valence-corrected chi connectivity index (χ0v) is 10.2. The molecule has 0 bridgehead atoms. The van der Waals surface area contributed by atoms with E-state index in [-0.39, 0.29) is 0 Å². The lowest BCUT2D eigenvalue weighted by Gasteiger charge is -2.06. The number of nitrogens with two attached hydrogens (primary N) is 1. The molecule has 0 heterocycles. The van der Waals surface area contributed by atoms with Crippen molar-refractivity contribution in [3.8, 4) is 0 Å². The summed E-state index contributed by atoms with van der Waals surface area (Å²) < 4.78 is 1.07. The first-order valence-corrected chi connectivity index (χ1v) is 5.55. The van der Waals surface area contributed by atoms with Gasteiger partial charge < -0.3 is 5.32 Å². The number of nitrogens with zero attached hydrogens (tertiary/aromatic N) is 1. The Labute approximate surface area is 98.1 Å². The molecule has 0 fully saturated rings. The van der Waals surface area contributed by atoms with E-state index in [1.54, 1.807) is 0 Å². The van der Waals surface area contributed by atoms with Crippen LogP contribution in [0.15, 0.2) is 33.7 Å². The van der Waals surface area contributed by atoms with Crippen LogP contribution in [0.1, 0.15) is 12.5 Å². The third-order valence-corrected chi connectivity index (χ3v) is 2.34. The van der Waals surface area contributed by atoms with Crippen LogP contribution in [0.3, 0.4) is 0 Å². The average molecular weight is 271 g/mol. The summed E-state index contributed by atoms with van der Waals surface area (Å²) in [5, 5.41) is 3.02. The molecular weight excluding hydrogens is 256 g/mol. The predicted octanol–water partition coefficient (Wildman–Crippen LogP) is 1.38. The molecule has 0 saturated carbocycles. The van der Waals surface area contributed by atoms with Gasteiger partial charge in [-0.1, -0.05) is 28.1 Å². The molecule has 0 aromatic heterocycles. The molecule has 1 aromatic rings. The smallest absolute Gasteiger partial charge is 0.206 e. The molecule has 0 aliphatic rings. The van der Waals surface area contributed by atoms with E-state index < -0.39 is 0 Å². The summed E-state index contributed by atoms with van der Waals surface area (Å²) in [6.45, 7) is 3.40. The summed E-state index contributed by atoms with van der Waals surface area (Å²) >= 11 is 3.38. The number of halogens is 1. The first-order chi connectivity index (χ1) is 7.26. The van der Waals surface area contributed by atoms with Crippen LogP contribution in [0, 0.1) is 0 Å². The Kier molecular flexibility index (Phi) is 5.14.